The summed E-state index contributed by atoms with van der Waals surface area (Å²) >= 11 is 0. The van der Waals surface area contributed by atoms with Crippen LogP contribution in [0.25, 0.3) is 0 Å². The third-order valence-electron chi connectivity index (χ3n) is 4.63. The lowest BCUT2D eigenvalue weighted by Crippen LogP contribution is -2.41. The van der Waals surface area contributed by atoms with Crippen molar-refractivity contribution in [1.29, 1.82) is 0 Å². The Morgan fingerprint density at radius 3 is 1.64 bits per heavy atom. The van der Waals surface area contributed by atoms with Crippen molar-refractivity contribution in [3.63, 3.8) is 0 Å². The summed E-state index contributed by atoms with van der Waals surface area (Å²) in [6.07, 6.45) is 9.81. The lowest BCUT2D eigenvalue weighted by molar-refractivity contribution is -0.134. The van der Waals surface area contributed by atoms with E-state index in [0.717, 1.165) is 75.6 Å². The van der Waals surface area contributed by atoms with Crippen LogP contribution in [0.1, 0.15) is 85.5 Å². The molecule has 0 aromatic carbocycles. The predicted molar refractivity (Wildman–Crippen MR) is 106 cm³/mol. The molecule has 0 aliphatic heterocycles. The fraction of sp³-hybridized carbons (Fsp3) is 0.800. The summed E-state index contributed by atoms with van der Waals surface area (Å²) < 4.78 is 6.17. The molecule has 0 unspecified atom stereocenters. The maximum Gasteiger partial charge on any atom is 0.328 e. The fourth-order valence-electron chi connectivity index (χ4n) is 3.04. The van der Waals surface area contributed by atoms with Crippen molar-refractivity contribution in [3.05, 3.63) is 11.6 Å². The Hall–Kier alpha value is -1.10. The second-order valence-corrected chi connectivity index (χ2v) is 11.1. The Morgan fingerprint density at radius 2 is 1.28 bits per heavy atom. The van der Waals surface area contributed by atoms with E-state index in [4.69, 9.17) is 9.53 Å². The molecule has 25 heavy (non-hydrogen) atoms. The topological polar surface area (TPSA) is 63.6 Å². The number of hydrogen-bond donors (Lipinski definition) is 1. The van der Waals surface area contributed by atoms with Crippen LogP contribution in [-0.2, 0) is 14.0 Å². The number of unbranched alkanes of at least 4 members (excludes halogenated alkanes) is 4. The Bertz CT molecular complexity index is 396. The molecule has 5 heteroatoms. The quantitative estimate of drug-likeness (QED) is 0.280. The first-order valence-electron chi connectivity index (χ1n) is 10.1. The van der Waals surface area contributed by atoms with Crippen molar-refractivity contribution >= 4 is 20.3 Å². The lowest BCUT2D eigenvalue weighted by Gasteiger charge is -2.32. The van der Waals surface area contributed by atoms with Gasteiger partial charge in [-0.05, 0) is 31.0 Å². The molecular weight excluding hydrogens is 332 g/mol. The predicted octanol–water partition coefficient (Wildman–Crippen LogP) is 6.08. The average Bonchev–Trinajstić information content (AvgIpc) is 2.59. The molecule has 0 aliphatic rings. The summed E-state index contributed by atoms with van der Waals surface area (Å²) in [4.78, 5) is 23.9. The van der Waals surface area contributed by atoms with Crippen LogP contribution in [0.3, 0.4) is 0 Å². The Balaban J connectivity index is 5.36. The van der Waals surface area contributed by atoms with Gasteiger partial charge in [-0.15, -0.1) is 0 Å². The zero-order chi connectivity index (χ0) is 19.1. The van der Waals surface area contributed by atoms with E-state index in [2.05, 4.69) is 20.8 Å². The molecule has 0 amide bonds. The van der Waals surface area contributed by atoms with Gasteiger partial charge in [-0.1, -0.05) is 72.6 Å². The number of carbonyl (C=O) groups excluding carboxylic acids is 1. The van der Waals surface area contributed by atoms with Crippen LogP contribution in [0, 0.1) is 0 Å². The van der Waals surface area contributed by atoms with Gasteiger partial charge in [-0.25, -0.2) is 9.59 Å². The molecule has 0 aromatic heterocycles. The molecule has 4 nitrogen and oxygen atoms in total. The van der Waals surface area contributed by atoms with E-state index in [1.54, 1.807) is 0 Å². The van der Waals surface area contributed by atoms with Crippen molar-refractivity contribution in [2.45, 2.75) is 104 Å². The summed E-state index contributed by atoms with van der Waals surface area (Å²) in [5.41, 5.74) is 0.329. The summed E-state index contributed by atoms with van der Waals surface area (Å²) in [6, 6.07) is 3.01. The van der Waals surface area contributed by atoms with Crippen molar-refractivity contribution in [1.82, 2.24) is 0 Å². The van der Waals surface area contributed by atoms with E-state index >= 15 is 0 Å². The average molecular weight is 371 g/mol. The van der Waals surface area contributed by atoms with Crippen LogP contribution in [0.2, 0.25) is 18.1 Å². The first kappa shape index (κ1) is 23.9. The molecule has 0 rings (SSSR count). The van der Waals surface area contributed by atoms with Crippen LogP contribution >= 0.6 is 0 Å². The second-order valence-electron chi connectivity index (χ2n) is 6.99. The molecule has 0 saturated heterocycles. The van der Waals surface area contributed by atoms with Crippen LogP contribution in [-0.4, -0.2) is 25.4 Å². The van der Waals surface area contributed by atoms with Gasteiger partial charge in [0.2, 0.25) is 0 Å². The molecule has 0 atom stereocenters. The van der Waals surface area contributed by atoms with E-state index in [1.165, 1.54) is 0 Å². The van der Waals surface area contributed by atoms with Crippen LogP contribution < -0.4 is 0 Å². The summed E-state index contributed by atoms with van der Waals surface area (Å²) in [6.45, 7) is 8.53. The van der Waals surface area contributed by atoms with Crippen molar-refractivity contribution in [3.8, 4) is 0 Å². The number of hydrogen-bond acceptors (Lipinski definition) is 3. The largest absolute Gasteiger partial charge is 0.516 e. The van der Waals surface area contributed by atoms with Gasteiger partial charge >= 0.3 is 11.9 Å². The SMILES string of the molecule is CCCC/C(=C/C(=O)O)C(=O)O[Si](CCCC)(CCCC)CCCC. The van der Waals surface area contributed by atoms with Gasteiger partial charge < -0.3 is 9.53 Å². The normalized spacial score (nSPS) is 12.2. The van der Waals surface area contributed by atoms with E-state index in [-0.39, 0.29) is 5.97 Å². The minimum Gasteiger partial charge on any atom is -0.516 e. The number of rotatable bonds is 15. The van der Waals surface area contributed by atoms with Crippen molar-refractivity contribution in [2.75, 3.05) is 0 Å². The van der Waals surface area contributed by atoms with Gasteiger partial charge in [0, 0.05) is 11.6 Å². The van der Waals surface area contributed by atoms with E-state index < -0.39 is 14.3 Å². The summed E-state index contributed by atoms with van der Waals surface area (Å²) in [5, 5.41) is 9.08. The third-order valence-corrected chi connectivity index (χ3v) is 9.04. The highest BCUT2D eigenvalue weighted by molar-refractivity contribution is 6.75. The lowest BCUT2D eigenvalue weighted by atomic mass is 10.1. The third kappa shape index (κ3) is 10.5. The van der Waals surface area contributed by atoms with Crippen LogP contribution in [0.4, 0.5) is 0 Å². The Kier molecular flexibility index (Phi) is 13.5. The smallest absolute Gasteiger partial charge is 0.328 e. The van der Waals surface area contributed by atoms with Gasteiger partial charge in [0.05, 0.1) is 0 Å². The van der Waals surface area contributed by atoms with Gasteiger partial charge in [-0.3, -0.25) is 0 Å². The molecule has 0 fully saturated rings. The Morgan fingerprint density at radius 1 is 0.840 bits per heavy atom. The second kappa shape index (κ2) is 14.1. The first-order chi connectivity index (χ1) is 11.9. The Labute approximate surface area is 155 Å². The van der Waals surface area contributed by atoms with Gasteiger partial charge in [-0.2, -0.15) is 0 Å². The highest BCUT2D eigenvalue weighted by Gasteiger charge is 2.37. The molecule has 0 aliphatic carbocycles. The minimum absolute atomic E-state index is 0.329. The maximum absolute atomic E-state index is 12.8. The fourth-order valence-corrected chi connectivity index (χ4v) is 7.61. The van der Waals surface area contributed by atoms with Crippen molar-refractivity contribution < 1.29 is 19.1 Å². The molecular formula is C20H38O4Si. The number of carboxylic acids is 1. The molecule has 1 N–H and O–H groups in total. The van der Waals surface area contributed by atoms with Crippen molar-refractivity contribution in [2.24, 2.45) is 0 Å². The summed E-state index contributed by atoms with van der Waals surface area (Å²) in [5.74, 6) is -1.43. The first-order valence-corrected chi connectivity index (χ1v) is 12.6. The zero-order valence-electron chi connectivity index (χ0n) is 16.7. The molecule has 0 heterocycles. The molecule has 0 aromatic rings. The zero-order valence-corrected chi connectivity index (χ0v) is 17.7. The van der Waals surface area contributed by atoms with Crippen LogP contribution in [0.15, 0.2) is 11.6 Å². The van der Waals surface area contributed by atoms with Gasteiger partial charge in [0.15, 0.2) is 0 Å². The number of carboxylic acid groups (broad SMARTS) is 1. The molecule has 0 spiro atoms. The minimum atomic E-state index is -2.16. The number of aliphatic carboxylic acids is 1. The summed E-state index contributed by atoms with van der Waals surface area (Å²) in [7, 11) is -2.16. The molecule has 0 radical (unpaired) electrons. The van der Waals surface area contributed by atoms with E-state index in [9.17, 15) is 9.59 Å². The van der Waals surface area contributed by atoms with Crippen LogP contribution in [0.5, 0.6) is 0 Å². The standard InChI is InChI=1S/C20H38O4Si/c1-5-9-13-18(17-19(21)22)20(23)24-25(14-10-6-2,15-11-7-3)16-12-8-4/h17H,5-16H2,1-4H3,(H,21,22)/b18-17-. The van der Waals surface area contributed by atoms with E-state index in [1.807, 2.05) is 6.92 Å². The molecule has 146 valence electrons. The van der Waals surface area contributed by atoms with Gasteiger partial charge in [0.25, 0.3) is 8.32 Å². The van der Waals surface area contributed by atoms with Gasteiger partial charge in [0.1, 0.15) is 0 Å². The highest BCUT2D eigenvalue weighted by atomic mass is 28.4. The van der Waals surface area contributed by atoms with E-state index in [0.29, 0.717) is 12.0 Å². The molecule has 0 saturated carbocycles. The molecule has 0 bridgehead atoms. The monoisotopic (exact) mass is 370 g/mol. The maximum atomic E-state index is 12.8. The highest BCUT2D eigenvalue weighted by Crippen LogP contribution is 2.31. The number of carbonyl (C=O) groups is 2.